The minimum absolute atomic E-state index is 0.0294. The number of hydrogen-bond acceptors (Lipinski definition) is 3. The van der Waals surface area contributed by atoms with Crippen LogP contribution in [-0.2, 0) is 17.9 Å². The van der Waals surface area contributed by atoms with E-state index in [-0.39, 0.29) is 12.7 Å². The van der Waals surface area contributed by atoms with Crippen molar-refractivity contribution in [3.63, 3.8) is 0 Å². The molecule has 4 nitrogen and oxygen atoms in total. The smallest absolute Gasteiger partial charge is 0.410 e. The summed E-state index contributed by atoms with van der Waals surface area (Å²) in [5.41, 5.74) is 1.25. The molecule has 0 heterocycles. The maximum absolute atomic E-state index is 11.8. The Morgan fingerprint density at radius 1 is 1.28 bits per heavy atom. The van der Waals surface area contributed by atoms with Gasteiger partial charge in [0, 0.05) is 13.6 Å². The predicted molar refractivity (Wildman–Crippen MR) is 70.1 cm³/mol. The maximum atomic E-state index is 11.8. The number of amides is 1. The lowest BCUT2D eigenvalue weighted by atomic mass is 10.1. The first kappa shape index (κ1) is 14.5. The Morgan fingerprint density at radius 3 is 2.33 bits per heavy atom. The van der Waals surface area contributed by atoms with E-state index in [4.69, 9.17) is 4.74 Å². The van der Waals surface area contributed by atoms with Crippen LogP contribution in [0.25, 0.3) is 0 Å². The zero-order chi connectivity index (χ0) is 13.8. The van der Waals surface area contributed by atoms with Crippen molar-refractivity contribution in [2.45, 2.75) is 39.5 Å². The van der Waals surface area contributed by atoms with Gasteiger partial charge in [0.05, 0.1) is 6.61 Å². The number of nitrogens with zero attached hydrogens (tertiary/aromatic N) is 1. The molecule has 0 unspecified atom stereocenters. The van der Waals surface area contributed by atoms with Crippen molar-refractivity contribution in [3.8, 4) is 0 Å². The highest BCUT2D eigenvalue weighted by Crippen LogP contribution is 2.14. The minimum atomic E-state index is -0.498. The number of aliphatic hydroxyl groups excluding tert-OH is 1. The van der Waals surface area contributed by atoms with Gasteiger partial charge in [-0.2, -0.15) is 0 Å². The lowest BCUT2D eigenvalue weighted by Gasteiger charge is -2.25. The van der Waals surface area contributed by atoms with Crippen LogP contribution in [0.5, 0.6) is 0 Å². The van der Waals surface area contributed by atoms with Gasteiger partial charge in [-0.15, -0.1) is 0 Å². The first-order chi connectivity index (χ1) is 8.33. The summed E-state index contributed by atoms with van der Waals surface area (Å²) < 4.78 is 5.27. The normalized spacial score (nSPS) is 11.2. The van der Waals surface area contributed by atoms with Crippen LogP contribution in [0.15, 0.2) is 24.3 Å². The van der Waals surface area contributed by atoms with E-state index in [0.29, 0.717) is 6.54 Å². The zero-order valence-corrected chi connectivity index (χ0v) is 11.4. The minimum Gasteiger partial charge on any atom is -0.444 e. The van der Waals surface area contributed by atoms with Crippen LogP contribution in [0.3, 0.4) is 0 Å². The third-order valence-electron chi connectivity index (χ3n) is 2.40. The fraction of sp³-hybridized carbons (Fsp3) is 0.500. The lowest BCUT2D eigenvalue weighted by Crippen LogP contribution is -2.34. The fourth-order valence-corrected chi connectivity index (χ4v) is 1.53. The number of carbonyl (C=O) groups excluding carboxylic acids is 1. The topological polar surface area (TPSA) is 49.8 Å². The standard InChI is InChI=1S/C14H21NO3/c1-14(2,3)18-13(17)15(4)9-11-7-5-6-8-12(11)10-16/h5-8,16H,9-10H2,1-4H3. The average Bonchev–Trinajstić information content (AvgIpc) is 2.27. The van der Waals surface area contributed by atoms with Gasteiger partial charge in [0.1, 0.15) is 5.60 Å². The second-order valence-electron chi connectivity index (χ2n) is 5.26. The maximum Gasteiger partial charge on any atom is 0.410 e. The molecule has 100 valence electrons. The number of carbonyl (C=O) groups is 1. The number of ether oxygens (including phenoxy) is 1. The Morgan fingerprint density at radius 2 is 1.83 bits per heavy atom. The second-order valence-corrected chi connectivity index (χ2v) is 5.26. The molecular weight excluding hydrogens is 230 g/mol. The Balaban J connectivity index is 2.69. The van der Waals surface area contributed by atoms with Crippen LogP contribution in [0.1, 0.15) is 31.9 Å². The lowest BCUT2D eigenvalue weighted by molar-refractivity contribution is 0.0284. The third-order valence-corrected chi connectivity index (χ3v) is 2.40. The summed E-state index contributed by atoms with van der Waals surface area (Å²) in [7, 11) is 1.68. The molecule has 0 aliphatic rings. The van der Waals surface area contributed by atoms with Crippen LogP contribution in [0, 0.1) is 0 Å². The molecule has 1 rings (SSSR count). The Bertz CT molecular complexity index is 410. The molecule has 0 aliphatic carbocycles. The number of aliphatic hydroxyl groups is 1. The molecule has 1 amide bonds. The summed E-state index contributed by atoms with van der Waals surface area (Å²) in [6.45, 7) is 5.89. The molecule has 0 bridgehead atoms. The second kappa shape index (κ2) is 5.87. The van der Waals surface area contributed by atoms with Crippen molar-refractivity contribution in [2.75, 3.05) is 7.05 Å². The van der Waals surface area contributed by atoms with Crippen molar-refractivity contribution in [1.29, 1.82) is 0 Å². The van der Waals surface area contributed by atoms with E-state index in [1.165, 1.54) is 4.90 Å². The van der Waals surface area contributed by atoms with E-state index in [1.807, 2.05) is 45.0 Å². The molecule has 4 heteroatoms. The molecule has 0 saturated carbocycles. The third kappa shape index (κ3) is 4.37. The molecule has 1 aromatic rings. The van der Waals surface area contributed by atoms with Crippen molar-refractivity contribution in [2.24, 2.45) is 0 Å². The highest BCUT2D eigenvalue weighted by atomic mass is 16.6. The van der Waals surface area contributed by atoms with Crippen LogP contribution in [0.4, 0.5) is 4.79 Å². The molecule has 0 aliphatic heterocycles. The van der Waals surface area contributed by atoms with Gasteiger partial charge in [0.25, 0.3) is 0 Å². The molecule has 18 heavy (non-hydrogen) atoms. The average molecular weight is 251 g/mol. The summed E-state index contributed by atoms with van der Waals surface area (Å²) in [4.78, 5) is 13.3. The first-order valence-electron chi connectivity index (χ1n) is 5.95. The van der Waals surface area contributed by atoms with E-state index >= 15 is 0 Å². The van der Waals surface area contributed by atoms with Crippen molar-refractivity contribution >= 4 is 6.09 Å². The van der Waals surface area contributed by atoms with Gasteiger partial charge in [0.15, 0.2) is 0 Å². The summed E-state index contributed by atoms with van der Waals surface area (Å²) in [5, 5.41) is 9.22. The Labute approximate surface area is 108 Å². The number of benzene rings is 1. The van der Waals surface area contributed by atoms with Crippen molar-refractivity contribution < 1.29 is 14.6 Å². The molecule has 0 fully saturated rings. The van der Waals surface area contributed by atoms with Crippen molar-refractivity contribution in [3.05, 3.63) is 35.4 Å². The van der Waals surface area contributed by atoms with E-state index in [1.54, 1.807) is 7.05 Å². The molecule has 0 saturated heterocycles. The van der Waals surface area contributed by atoms with E-state index < -0.39 is 5.60 Å². The molecule has 0 spiro atoms. The number of rotatable bonds is 3. The monoisotopic (exact) mass is 251 g/mol. The van der Waals surface area contributed by atoms with Gasteiger partial charge >= 0.3 is 6.09 Å². The SMILES string of the molecule is CN(Cc1ccccc1CO)C(=O)OC(C)(C)C. The van der Waals surface area contributed by atoms with Crippen molar-refractivity contribution in [1.82, 2.24) is 4.90 Å². The summed E-state index contributed by atoms with van der Waals surface area (Å²) >= 11 is 0. The summed E-state index contributed by atoms with van der Waals surface area (Å²) in [6, 6.07) is 7.49. The van der Waals surface area contributed by atoms with Crippen LogP contribution >= 0.6 is 0 Å². The van der Waals surface area contributed by atoms with Gasteiger partial charge in [-0.1, -0.05) is 24.3 Å². The zero-order valence-electron chi connectivity index (χ0n) is 11.4. The molecule has 0 radical (unpaired) electrons. The predicted octanol–water partition coefficient (Wildman–Crippen LogP) is 2.55. The van der Waals surface area contributed by atoms with Gasteiger partial charge in [0.2, 0.25) is 0 Å². The molecule has 0 atom stereocenters. The molecular formula is C14H21NO3. The largest absolute Gasteiger partial charge is 0.444 e. The van der Waals surface area contributed by atoms with Crippen LogP contribution < -0.4 is 0 Å². The molecule has 0 aromatic heterocycles. The Hall–Kier alpha value is -1.55. The highest BCUT2D eigenvalue weighted by molar-refractivity contribution is 5.67. The van der Waals surface area contributed by atoms with E-state index in [2.05, 4.69) is 0 Å². The van der Waals surface area contributed by atoms with Gasteiger partial charge in [-0.25, -0.2) is 4.79 Å². The molecule has 1 aromatic carbocycles. The van der Waals surface area contributed by atoms with Gasteiger partial charge in [-0.05, 0) is 31.9 Å². The van der Waals surface area contributed by atoms with Crippen LogP contribution in [0.2, 0.25) is 0 Å². The number of hydrogen-bond donors (Lipinski definition) is 1. The Kier molecular flexibility index (Phi) is 4.73. The van der Waals surface area contributed by atoms with Gasteiger partial charge in [-0.3, -0.25) is 0 Å². The molecule has 1 N–H and O–H groups in total. The summed E-state index contributed by atoms with van der Waals surface area (Å²) in [5.74, 6) is 0. The summed E-state index contributed by atoms with van der Waals surface area (Å²) in [6.07, 6.45) is -0.366. The highest BCUT2D eigenvalue weighted by Gasteiger charge is 2.20. The first-order valence-corrected chi connectivity index (χ1v) is 5.95. The van der Waals surface area contributed by atoms with E-state index in [9.17, 15) is 9.90 Å². The fourth-order valence-electron chi connectivity index (χ4n) is 1.53. The van der Waals surface area contributed by atoms with Gasteiger partial charge < -0.3 is 14.7 Å². The van der Waals surface area contributed by atoms with Crippen LogP contribution in [-0.4, -0.2) is 28.7 Å². The quantitative estimate of drug-likeness (QED) is 0.898. The van der Waals surface area contributed by atoms with E-state index in [0.717, 1.165) is 11.1 Å².